The zero-order valence-electron chi connectivity index (χ0n) is 9.57. The quantitative estimate of drug-likeness (QED) is 0.461. The summed E-state index contributed by atoms with van der Waals surface area (Å²) < 4.78 is 0. The minimum atomic E-state index is 0.387. The van der Waals surface area contributed by atoms with E-state index in [0.29, 0.717) is 17.6 Å². The zero-order valence-corrected chi connectivity index (χ0v) is 9.57. The van der Waals surface area contributed by atoms with Crippen molar-refractivity contribution in [3.63, 3.8) is 0 Å². The number of hydrogen-bond donors (Lipinski definition) is 4. The van der Waals surface area contributed by atoms with Gasteiger partial charge in [0.2, 0.25) is 5.95 Å². The van der Waals surface area contributed by atoms with Crippen molar-refractivity contribution in [3.05, 3.63) is 6.20 Å². The molecule has 90 valence electrons. The van der Waals surface area contributed by atoms with Crippen molar-refractivity contribution in [2.75, 3.05) is 10.7 Å². The average molecular weight is 233 g/mol. The van der Waals surface area contributed by atoms with Gasteiger partial charge in [-0.25, -0.2) is 5.84 Å². The third kappa shape index (κ3) is 1.78. The van der Waals surface area contributed by atoms with E-state index in [1.165, 1.54) is 12.8 Å². The largest absolute Gasteiger partial charge is 0.366 e. The first kappa shape index (κ1) is 10.3. The lowest BCUT2D eigenvalue weighted by Gasteiger charge is -2.07. The topological polar surface area (TPSA) is 105 Å². The molecule has 0 aliphatic heterocycles. The summed E-state index contributed by atoms with van der Waals surface area (Å²) in [4.78, 5) is 8.50. The number of nitrogens with zero attached hydrogens (tertiary/aromatic N) is 3. The number of aromatic amines is 1. The zero-order chi connectivity index (χ0) is 11.8. The van der Waals surface area contributed by atoms with Crippen LogP contribution in [0.2, 0.25) is 0 Å². The van der Waals surface area contributed by atoms with Gasteiger partial charge in [-0.1, -0.05) is 13.3 Å². The minimum Gasteiger partial charge on any atom is -0.366 e. The highest BCUT2D eigenvalue weighted by atomic mass is 15.3. The third-order valence-electron chi connectivity index (χ3n) is 3.21. The summed E-state index contributed by atoms with van der Waals surface area (Å²) >= 11 is 0. The highest BCUT2D eigenvalue weighted by Crippen LogP contribution is 2.36. The highest BCUT2D eigenvalue weighted by Gasteiger charge is 2.35. The Balaban J connectivity index is 1.93. The van der Waals surface area contributed by atoms with Gasteiger partial charge in [0.25, 0.3) is 0 Å². The van der Waals surface area contributed by atoms with E-state index in [2.05, 4.69) is 37.8 Å². The molecule has 1 saturated carbocycles. The van der Waals surface area contributed by atoms with Crippen LogP contribution in [0.25, 0.3) is 11.0 Å². The summed E-state index contributed by atoms with van der Waals surface area (Å²) in [5.74, 6) is 7.27. The van der Waals surface area contributed by atoms with Crippen molar-refractivity contribution in [2.45, 2.75) is 25.8 Å². The molecule has 0 bridgehead atoms. The van der Waals surface area contributed by atoms with E-state index in [1.807, 2.05) is 0 Å². The fourth-order valence-electron chi connectivity index (χ4n) is 2.06. The molecule has 0 radical (unpaired) electrons. The van der Waals surface area contributed by atoms with Crippen LogP contribution in [0.3, 0.4) is 0 Å². The average Bonchev–Trinajstić information content (AvgIpc) is 2.92. The van der Waals surface area contributed by atoms with Crippen molar-refractivity contribution in [3.8, 4) is 0 Å². The highest BCUT2D eigenvalue weighted by molar-refractivity contribution is 5.87. The summed E-state index contributed by atoms with van der Waals surface area (Å²) in [6.07, 6.45) is 4.12. The number of aromatic nitrogens is 4. The molecule has 17 heavy (non-hydrogen) atoms. The number of H-pyrrole nitrogens is 1. The maximum Gasteiger partial charge on any atom is 0.241 e. The lowest BCUT2D eigenvalue weighted by atomic mass is 10.3. The molecule has 3 rings (SSSR count). The van der Waals surface area contributed by atoms with Crippen LogP contribution < -0.4 is 16.6 Å². The van der Waals surface area contributed by atoms with Gasteiger partial charge in [-0.05, 0) is 12.3 Å². The molecule has 0 amide bonds. The van der Waals surface area contributed by atoms with E-state index in [9.17, 15) is 0 Å². The smallest absolute Gasteiger partial charge is 0.241 e. The molecule has 2 aromatic heterocycles. The molecular weight excluding hydrogens is 218 g/mol. The molecule has 1 fully saturated rings. The molecule has 0 saturated heterocycles. The molecule has 7 nitrogen and oxygen atoms in total. The lowest BCUT2D eigenvalue weighted by molar-refractivity contribution is 0.774. The Labute approximate surface area is 98.2 Å². The normalized spacial score (nSPS) is 22.7. The third-order valence-corrected chi connectivity index (χ3v) is 3.21. The number of rotatable bonds is 4. The lowest BCUT2D eigenvalue weighted by Crippen LogP contribution is -2.13. The van der Waals surface area contributed by atoms with Gasteiger partial charge in [0, 0.05) is 6.04 Å². The Bertz CT molecular complexity index is 534. The van der Waals surface area contributed by atoms with Gasteiger partial charge in [-0.2, -0.15) is 15.1 Å². The monoisotopic (exact) mass is 233 g/mol. The van der Waals surface area contributed by atoms with Crippen molar-refractivity contribution in [2.24, 2.45) is 11.8 Å². The first-order valence-electron chi connectivity index (χ1n) is 5.76. The van der Waals surface area contributed by atoms with Crippen LogP contribution in [0.4, 0.5) is 11.8 Å². The van der Waals surface area contributed by atoms with E-state index in [1.54, 1.807) is 6.20 Å². The van der Waals surface area contributed by atoms with Crippen LogP contribution in [0.15, 0.2) is 6.20 Å². The van der Waals surface area contributed by atoms with Gasteiger partial charge < -0.3 is 5.32 Å². The standard InChI is InChI=1S/C10H15N7/c1-2-5-3-7(5)13-8-6-4-12-17-9(6)15-10(14-8)16-11/h4-5,7H,2-3,11H2,1H3,(H3,12,13,14,15,16,17). The fourth-order valence-corrected chi connectivity index (χ4v) is 2.06. The Morgan fingerprint density at radius 2 is 2.41 bits per heavy atom. The first-order valence-corrected chi connectivity index (χ1v) is 5.76. The van der Waals surface area contributed by atoms with E-state index in [4.69, 9.17) is 5.84 Å². The molecule has 2 aromatic rings. The number of nitrogens with two attached hydrogens (primary N) is 1. The van der Waals surface area contributed by atoms with Crippen molar-refractivity contribution >= 4 is 22.8 Å². The second-order valence-corrected chi connectivity index (χ2v) is 4.33. The maximum atomic E-state index is 5.34. The molecule has 1 aliphatic rings. The Morgan fingerprint density at radius 1 is 1.53 bits per heavy atom. The number of nitrogens with one attached hydrogen (secondary N) is 3. The second-order valence-electron chi connectivity index (χ2n) is 4.33. The summed E-state index contributed by atoms with van der Waals surface area (Å²) in [5, 5.41) is 11.1. The maximum absolute atomic E-state index is 5.34. The van der Waals surface area contributed by atoms with Gasteiger partial charge in [-0.3, -0.25) is 10.5 Å². The number of hydrogen-bond acceptors (Lipinski definition) is 6. The van der Waals surface area contributed by atoms with E-state index in [-0.39, 0.29) is 0 Å². The summed E-state index contributed by atoms with van der Waals surface area (Å²) in [5.41, 5.74) is 3.14. The van der Waals surface area contributed by atoms with Gasteiger partial charge in [0.05, 0.1) is 11.6 Å². The van der Waals surface area contributed by atoms with Crippen LogP contribution in [-0.2, 0) is 0 Å². The van der Waals surface area contributed by atoms with Gasteiger partial charge >= 0.3 is 0 Å². The van der Waals surface area contributed by atoms with Crippen LogP contribution in [0.1, 0.15) is 19.8 Å². The molecule has 0 spiro atoms. The molecule has 0 aromatic carbocycles. The second kappa shape index (κ2) is 3.85. The predicted octanol–water partition coefficient (Wildman–Crippen LogP) is 0.849. The van der Waals surface area contributed by atoms with Gasteiger partial charge in [0.15, 0.2) is 5.65 Å². The molecule has 2 heterocycles. The van der Waals surface area contributed by atoms with Crippen LogP contribution >= 0.6 is 0 Å². The van der Waals surface area contributed by atoms with Crippen LogP contribution in [-0.4, -0.2) is 26.2 Å². The SMILES string of the molecule is CCC1CC1Nc1nc(NN)nc2[nH]ncc12. The van der Waals surface area contributed by atoms with Crippen LogP contribution in [0, 0.1) is 5.92 Å². The van der Waals surface area contributed by atoms with E-state index in [0.717, 1.165) is 17.1 Å². The molecular formula is C10H15N7. The molecule has 2 atom stereocenters. The van der Waals surface area contributed by atoms with Crippen molar-refractivity contribution in [1.82, 2.24) is 20.2 Å². The number of fused-ring (bicyclic) bond motifs is 1. The number of nitrogen functional groups attached to an aromatic ring is 1. The Hall–Kier alpha value is -1.89. The Kier molecular flexibility index (Phi) is 2.32. The summed E-state index contributed by atoms with van der Waals surface area (Å²) in [6, 6.07) is 0.513. The molecule has 2 unspecified atom stereocenters. The summed E-state index contributed by atoms with van der Waals surface area (Å²) in [6.45, 7) is 2.20. The van der Waals surface area contributed by atoms with E-state index >= 15 is 0 Å². The summed E-state index contributed by atoms with van der Waals surface area (Å²) in [7, 11) is 0. The van der Waals surface area contributed by atoms with Crippen LogP contribution in [0.5, 0.6) is 0 Å². The van der Waals surface area contributed by atoms with Gasteiger partial charge in [0.1, 0.15) is 5.82 Å². The fraction of sp³-hybridized carbons (Fsp3) is 0.500. The molecule has 7 heteroatoms. The van der Waals surface area contributed by atoms with E-state index < -0.39 is 0 Å². The molecule has 1 aliphatic carbocycles. The first-order chi connectivity index (χ1) is 8.31. The minimum absolute atomic E-state index is 0.387. The Morgan fingerprint density at radius 3 is 3.12 bits per heavy atom. The number of anilines is 2. The van der Waals surface area contributed by atoms with Crippen molar-refractivity contribution < 1.29 is 0 Å². The van der Waals surface area contributed by atoms with Gasteiger partial charge in [-0.15, -0.1) is 0 Å². The van der Waals surface area contributed by atoms with Crippen molar-refractivity contribution in [1.29, 1.82) is 0 Å². The molecule has 5 N–H and O–H groups in total. The predicted molar refractivity (Wildman–Crippen MR) is 65.3 cm³/mol. The number of hydrazine groups is 1.